The van der Waals surface area contributed by atoms with Crippen molar-refractivity contribution in [1.82, 2.24) is 10.2 Å². The van der Waals surface area contributed by atoms with Gasteiger partial charge in [-0.15, -0.1) is 0 Å². The Kier molecular flexibility index (Phi) is 4.03. The maximum absolute atomic E-state index is 12.8. The third kappa shape index (κ3) is 2.98. The van der Waals surface area contributed by atoms with Gasteiger partial charge in [-0.1, -0.05) is 29.8 Å². The second-order valence-corrected chi connectivity index (χ2v) is 6.71. The highest BCUT2D eigenvalue weighted by Crippen LogP contribution is 2.59. The number of amides is 1. The SMILES string of the molecule is CCN(Cc1cccc(C)c1)C(=O)C1CC12CCNCC2. The van der Waals surface area contributed by atoms with Crippen molar-refractivity contribution < 1.29 is 4.79 Å². The fourth-order valence-electron chi connectivity index (χ4n) is 3.77. The summed E-state index contributed by atoms with van der Waals surface area (Å²) in [4.78, 5) is 14.8. The zero-order valence-electron chi connectivity index (χ0n) is 13.2. The van der Waals surface area contributed by atoms with Gasteiger partial charge in [-0.3, -0.25) is 4.79 Å². The van der Waals surface area contributed by atoms with E-state index < -0.39 is 0 Å². The molecular weight excluding hydrogens is 260 g/mol. The normalized spacial score (nSPS) is 23.0. The monoisotopic (exact) mass is 286 g/mol. The lowest BCUT2D eigenvalue weighted by atomic mass is 9.91. The lowest BCUT2D eigenvalue weighted by Crippen LogP contribution is -2.36. The topological polar surface area (TPSA) is 32.3 Å². The molecule has 0 bridgehead atoms. The van der Waals surface area contributed by atoms with Gasteiger partial charge < -0.3 is 10.2 Å². The maximum Gasteiger partial charge on any atom is 0.226 e. The van der Waals surface area contributed by atoms with Gasteiger partial charge in [0.2, 0.25) is 5.91 Å². The lowest BCUT2D eigenvalue weighted by molar-refractivity contribution is -0.134. The quantitative estimate of drug-likeness (QED) is 0.923. The van der Waals surface area contributed by atoms with Gasteiger partial charge in [0, 0.05) is 19.0 Å². The summed E-state index contributed by atoms with van der Waals surface area (Å²) in [6, 6.07) is 8.49. The van der Waals surface area contributed by atoms with Crippen LogP contribution in [0.25, 0.3) is 0 Å². The van der Waals surface area contributed by atoms with Gasteiger partial charge in [0.05, 0.1) is 0 Å². The van der Waals surface area contributed by atoms with Crippen molar-refractivity contribution in [2.45, 2.75) is 39.7 Å². The van der Waals surface area contributed by atoms with Gasteiger partial charge in [-0.05, 0) is 57.2 Å². The van der Waals surface area contributed by atoms with Crippen LogP contribution in [-0.4, -0.2) is 30.4 Å². The van der Waals surface area contributed by atoms with Gasteiger partial charge in [-0.2, -0.15) is 0 Å². The van der Waals surface area contributed by atoms with E-state index in [4.69, 9.17) is 0 Å². The molecule has 21 heavy (non-hydrogen) atoms. The fourth-order valence-corrected chi connectivity index (χ4v) is 3.77. The molecule has 2 fully saturated rings. The van der Waals surface area contributed by atoms with Crippen molar-refractivity contribution in [3.05, 3.63) is 35.4 Å². The van der Waals surface area contributed by atoms with Crippen molar-refractivity contribution in [2.24, 2.45) is 11.3 Å². The Labute approximate surface area is 127 Å². The number of aryl methyl sites for hydroxylation is 1. The average Bonchev–Trinajstić information content (AvgIpc) is 3.18. The molecule has 1 saturated heterocycles. The van der Waals surface area contributed by atoms with E-state index in [9.17, 15) is 4.79 Å². The molecule has 3 rings (SSSR count). The number of hydrogen-bond donors (Lipinski definition) is 1. The largest absolute Gasteiger partial charge is 0.338 e. The minimum atomic E-state index is 0.282. The fraction of sp³-hybridized carbons (Fsp3) is 0.611. The molecular formula is C18H26N2O. The van der Waals surface area contributed by atoms with Crippen LogP contribution in [0.4, 0.5) is 0 Å². The molecule has 114 valence electrons. The van der Waals surface area contributed by atoms with Crippen LogP contribution in [0.15, 0.2) is 24.3 Å². The third-order valence-electron chi connectivity index (χ3n) is 5.24. The van der Waals surface area contributed by atoms with Crippen LogP contribution < -0.4 is 5.32 Å². The van der Waals surface area contributed by atoms with Gasteiger partial charge in [0.1, 0.15) is 0 Å². The average molecular weight is 286 g/mol. The molecule has 1 aromatic rings. The van der Waals surface area contributed by atoms with Crippen LogP contribution >= 0.6 is 0 Å². The molecule has 3 nitrogen and oxygen atoms in total. The highest BCUT2D eigenvalue weighted by atomic mass is 16.2. The van der Waals surface area contributed by atoms with Crippen LogP contribution in [0, 0.1) is 18.3 Å². The van der Waals surface area contributed by atoms with Crippen molar-refractivity contribution in [3.63, 3.8) is 0 Å². The van der Waals surface area contributed by atoms with Gasteiger partial charge in [0.15, 0.2) is 0 Å². The van der Waals surface area contributed by atoms with E-state index in [1.54, 1.807) is 0 Å². The van der Waals surface area contributed by atoms with Gasteiger partial charge >= 0.3 is 0 Å². The zero-order chi connectivity index (χ0) is 14.9. The van der Waals surface area contributed by atoms with E-state index in [1.165, 1.54) is 24.0 Å². The highest BCUT2D eigenvalue weighted by Gasteiger charge is 2.58. The molecule has 1 N–H and O–H groups in total. The highest BCUT2D eigenvalue weighted by molar-refractivity contribution is 5.82. The standard InChI is InChI=1S/C18H26N2O/c1-3-20(13-15-6-4-5-14(2)11-15)17(21)16-12-18(16)7-9-19-10-8-18/h4-6,11,16,19H,3,7-10,12-13H2,1-2H3. The molecule has 1 aromatic carbocycles. The van der Waals surface area contributed by atoms with Gasteiger partial charge in [-0.25, -0.2) is 0 Å². The molecule has 1 unspecified atom stereocenters. The smallest absolute Gasteiger partial charge is 0.226 e. The van der Waals surface area contributed by atoms with E-state index in [1.807, 2.05) is 4.90 Å². The van der Waals surface area contributed by atoms with Crippen LogP contribution in [-0.2, 0) is 11.3 Å². The predicted molar refractivity (Wildman–Crippen MR) is 84.9 cm³/mol. The molecule has 1 spiro atoms. The molecule has 1 heterocycles. The third-order valence-corrected chi connectivity index (χ3v) is 5.24. The number of nitrogens with one attached hydrogen (secondary N) is 1. The number of carbonyl (C=O) groups excluding carboxylic acids is 1. The summed E-state index contributed by atoms with van der Waals surface area (Å²) in [6.07, 6.45) is 3.45. The molecule has 0 radical (unpaired) electrons. The summed E-state index contributed by atoms with van der Waals surface area (Å²) >= 11 is 0. The Bertz CT molecular complexity index is 520. The van der Waals surface area contributed by atoms with Crippen molar-refractivity contribution in [3.8, 4) is 0 Å². The van der Waals surface area contributed by atoms with E-state index >= 15 is 0 Å². The molecule has 2 aliphatic rings. The number of carbonyl (C=O) groups is 1. The molecule has 1 saturated carbocycles. The van der Waals surface area contributed by atoms with E-state index in [0.29, 0.717) is 11.3 Å². The van der Waals surface area contributed by atoms with Crippen LogP contribution in [0.5, 0.6) is 0 Å². The maximum atomic E-state index is 12.8. The predicted octanol–water partition coefficient (Wildman–Crippen LogP) is 2.73. The summed E-state index contributed by atoms with van der Waals surface area (Å²) in [7, 11) is 0. The Balaban J connectivity index is 1.65. The molecule has 1 aliphatic carbocycles. The first-order valence-electron chi connectivity index (χ1n) is 8.20. The van der Waals surface area contributed by atoms with Crippen molar-refractivity contribution in [2.75, 3.05) is 19.6 Å². The first-order valence-corrected chi connectivity index (χ1v) is 8.20. The first kappa shape index (κ1) is 14.6. The molecule has 1 atom stereocenters. The van der Waals surface area contributed by atoms with Crippen LogP contribution in [0.2, 0.25) is 0 Å². The van der Waals surface area contributed by atoms with E-state index in [-0.39, 0.29) is 5.92 Å². The first-order chi connectivity index (χ1) is 10.1. The van der Waals surface area contributed by atoms with E-state index in [0.717, 1.165) is 32.6 Å². The molecule has 1 amide bonds. The summed E-state index contributed by atoms with van der Waals surface area (Å²) in [6.45, 7) is 7.90. The summed E-state index contributed by atoms with van der Waals surface area (Å²) in [5.74, 6) is 0.658. The minimum absolute atomic E-state index is 0.282. The minimum Gasteiger partial charge on any atom is -0.338 e. The van der Waals surface area contributed by atoms with Crippen LogP contribution in [0.3, 0.4) is 0 Å². The Morgan fingerprint density at radius 2 is 2.14 bits per heavy atom. The summed E-state index contributed by atoms with van der Waals surface area (Å²) in [5.41, 5.74) is 2.84. The number of nitrogens with zero attached hydrogens (tertiary/aromatic N) is 1. The van der Waals surface area contributed by atoms with Gasteiger partial charge in [0.25, 0.3) is 0 Å². The second kappa shape index (κ2) is 5.80. The molecule has 0 aromatic heterocycles. The number of benzene rings is 1. The van der Waals surface area contributed by atoms with Crippen LogP contribution in [0.1, 0.15) is 37.3 Å². The molecule has 1 aliphatic heterocycles. The van der Waals surface area contributed by atoms with Crippen molar-refractivity contribution in [1.29, 1.82) is 0 Å². The Hall–Kier alpha value is -1.35. The summed E-state index contributed by atoms with van der Waals surface area (Å²) in [5, 5.41) is 3.40. The number of hydrogen-bond acceptors (Lipinski definition) is 2. The zero-order valence-corrected chi connectivity index (χ0v) is 13.2. The number of rotatable bonds is 4. The lowest BCUT2D eigenvalue weighted by Gasteiger charge is -2.26. The van der Waals surface area contributed by atoms with E-state index in [2.05, 4.69) is 43.4 Å². The Morgan fingerprint density at radius 1 is 1.38 bits per heavy atom. The van der Waals surface area contributed by atoms with Crippen molar-refractivity contribution >= 4 is 5.91 Å². The number of piperidine rings is 1. The summed E-state index contributed by atoms with van der Waals surface area (Å²) < 4.78 is 0. The molecule has 3 heteroatoms. The second-order valence-electron chi connectivity index (χ2n) is 6.71. The Morgan fingerprint density at radius 3 is 2.81 bits per heavy atom.